The molecule has 0 aliphatic heterocycles. The van der Waals surface area contributed by atoms with Gasteiger partial charge in [-0.15, -0.1) is 11.8 Å². The number of amides is 2. The Morgan fingerprint density at radius 2 is 1.87 bits per heavy atom. The molecule has 0 saturated carbocycles. The molecule has 1 atom stereocenters. The summed E-state index contributed by atoms with van der Waals surface area (Å²) in [6.07, 6.45) is 0. The molecule has 31 heavy (non-hydrogen) atoms. The van der Waals surface area contributed by atoms with Crippen molar-refractivity contribution in [3.05, 3.63) is 70.0 Å². The number of halogens is 2. The Labute approximate surface area is 193 Å². The summed E-state index contributed by atoms with van der Waals surface area (Å²) >= 11 is 7.36. The minimum absolute atomic E-state index is 0.115. The van der Waals surface area contributed by atoms with E-state index in [0.29, 0.717) is 17.1 Å². The summed E-state index contributed by atoms with van der Waals surface area (Å²) in [5.74, 6) is -0.394. The van der Waals surface area contributed by atoms with E-state index in [4.69, 9.17) is 11.6 Å². The van der Waals surface area contributed by atoms with Crippen LogP contribution in [0.3, 0.4) is 0 Å². The Morgan fingerprint density at radius 1 is 1.19 bits per heavy atom. The predicted molar refractivity (Wildman–Crippen MR) is 127 cm³/mol. The molecule has 0 radical (unpaired) electrons. The van der Waals surface area contributed by atoms with Crippen LogP contribution < -0.4 is 5.32 Å². The SMILES string of the molecule is Cc1cccc(CN(C(=O)CSCc2c(F)cccc2Cl)C(C)C(=O)NC(C)(C)C)c1. The molecule has 0 bridgehead atoms. The summed E-state index contributed by atoms with van der Waals surface area (Å²) < 4.78 is 14.0. The molecule has 0 aromatic heterocycles. The summed E-state index contributed by atoms with van der Waals surface area (Å²) in [5.41, 5.74) is 2.01. The first-order valence-electron chi connectivity index (χ1n) is 10.2. The molecule has 7 heteroatoms. The van der Waals surface area contributed by atoms with Crippen LogP contribution in [0.1, 0.15) is 44.4 Å². The minimum atomic E-state index is -0.648. The number of benzene rings is 2. The van der Waals surface area contributed by atoms with Crippen LogP contribution in [0.5, 0.6) is 0 Å². The van der Waals surface area contributed by atoms with E-state index in [1.807, 2.05) is 52.0 Å². The van der Waals surface area contributed by atoms with Gasteiger partial charge < -0.3 is 10.2 Å². The van der Waals surface area contributed by atoms with Gasteiger partial charge in [-0.25, -0.2) is 4.39 Å². The highest BCUT2D eigenvalue weighted by Gasteiger charge is 2.28. The lowest BCUT2D eigenvalue weighted by Gasteiger charge is -2.31. The molecule has 0 fully saturated rings. The molecule has 1 N–H and O–H groups in total. The van der Waals surface area contributed by atoms with Crippen LogP contribution in [0.4, 0.5) is 4.39 Å². The van der Waals surface area contributed by atoms with Crippen LogP contribution in [0.15, 0.2) is 42.5 Å². The van der Waals surface area contributed by atoms with Gasteiger partial charge in [-0.05, 0) is 52.3 Å². The smallest absolute Gasteiger partial charge is 0.242 e. The summed E-state index contributed by atoms with van der Waals surface area (Å²) in [4.78, 5) is 27.4. The normalized spacial score (nSPS) is 12.4. The van der Waals surface area contributed by atoms with Crippen LogP contribution in [0.25, 0.3) is 0 Å². The van der Waals surface area contributed by atoms with Crippen LogP contribution in [0.2, 0.25) is 5.02 Å². The first kappa shape index (κ1) is 25.2. The number of thioether (sulfide) groups is 1. The number of hydrogen-bond acceptors (Lipinski definition) is 3. The highest BCUT2D eigenvalue weighted by Crippen LogP contribution is 2.24. The van der Waals surface area contributed by atoms with Crippen LogP contribution in [-0.2, 0) is 21.9 Å². The molecule has 0 heterocycles. The van der Waals surface area contributed by atoms with Crippen molar-refractivity contribution >= 4 is 35.2 Å². The molecular weight excluding hydrogens is 435 g/mol. The minimum Gasteiger partial charge on any atom is -0.350 e. The van der Waals surface area contributed by atoms with Crippen LogP contribution in [0, 0.1) is 12.7 Å². The molecule has 0 saturated heterocycles. The van der Waals surface area contributed by atoms with Gasteiger partial charge in [-0.2, -0.15) is 0 Å². The Hall–Kier alpha value is -2.05. The predicted octanol–water partition coefficient (Wildman–Crippen LogP) is 5.35. The molecule has 2 amide bonds. The summed E-state index contributed by atoms with van der Waals surface area (Å²) in [6.45, 7) is 9.74. The number of hydrogen-bond donors (Lipinski definition) is 1. The molecule has 2 aromatic carbocycles. The van der Waals surface area contributed by atoms with E-state index in [9.17, 15) is 14.0 Å². The fraction of sp³-hybridized carbons (Fsp3) is 0.417. The third kappa shape index (κ3) is 7.86. The van der Waals surface area contributed by atoms with E-state index in [1.165, 1.54) is 17.8 Å². The van der Waals surface area contributed by atoms with E-state index in [0.717, 1.165) is 11.1 Å². The maximum atomic E-state index is 14.0. The van der Waals surface area contributed by atoms with Gasteiger partial charge in [0.2, 0.25) is 11.8 Å². The molecule has 2 aromatic rings. The van der Waals surface area contributed by atoms with Crippen molar-refractivity contribution in [2.24, 2.45) is 0 Å². The third-order valence-corrected chi connectivity index (χ3v) is 5.93. The lowest BCUT2D eigenvalue weighted by atomic mass is 10.1. The fourth-order valence-electron chi connectivity index (χ4n) is 3.06. The number of aryl methyl sites for hydroxylation is 1. The highest BCUT2D eigenvalue weighted by atomic mass is 35.5. The Bertz CT molecular complexity index is 910. The maximum absolute atomic E-state index is 14.0. The topological polar surface area (TPSA) is 49.4 Å². The van der Waals surface area contributed by atoms with Gasteiger partial charge in [0.15, 0.2) is 0 Å². The summed E-state index contributed by atoms with van der Waals surface area (Å²) in [5, 5.41) is 3.28. The van der Waals surface area contributed by atoms with Gasteiger partial charge in [-0.3, -0.25) is 9.59 Å². The molecule has 4 nitrogen and oxygen atoms in total. The van der Waals surface area contributed by atoms with Crippen molar-refractivity contribution in [2.75, 3.05) is 5.75 Å². The second-order valence-corrected chi connectivity index (χ2v) is 10.0. The van der Waals surface area contributed by atoms with E-state index in [-0.39, 0.29) is 29.1 Å². The van der Waals surface area contributed by atoms with Crippen molar-refractivity contribution < 1.29 is 14.0 Å². The first-order chi connectivity index (χ1) is 14.5. The van der Waals surface area contributed by atoms with Crippen molar-refractivity contribution in [1.82, 2.24) is 10.2 Å². The zero-order valence-corrected chi connectivity index (χ0v) is 20.2. The second kappa shape index (κ2) is 11.0. The molecule has 168 valence electrons. The molecular formula is C24H30ClFN2O2S. The van der Waals surface area contributed by atoms with Crippen molar-refractivity contribution in [1.29, 1.82) is 0 Å². The Morgan fingerprint density at radius 3 is 2.48 bits per heavy atom. The van der Waals surface area contributed by atoms with Gasteiger partial charge in [0, 0.05) is 28.4 Å². The molecule has 0 aliphatic rings. The van der Waals surface area contributed by atoms with E-state index >= 15 is 0 Å². The number of nitrogens with zero attached hydrogens (tertiary/aromatic N) is 1. The number of nitrogens with one attached hydrogen (secondary N) is 1. The van der Waals surface area contributed by atoms with E-state index in [1.54, 1.807) is 24.0 Å². The lowest BCUT2D eigenvalue weighted by Crippen LogP contribution is -2.52. The van der Waals surface area contributed by atoms with Gasteiger partial charge in [0.1, 0.15) is 11.9 Å². The van der Waals surface area contributed by atoms with Crippen molar-refractivity contribution in [2.45, 2.75) is 58.5 Å². The quantitative estimate of drug-likeness (QED) is 0.572. The van der Waals surface area contributed by atoms with Gasteiger partial charge in [-0.1, -0.05) is 47.5 Å². The van der Waals surface area contributed by atoms with Crippen LogP contribution in [-0.4, -0.2) is 34.0 Å². The zero-order valence-electron chi connectivity index (χ0n) is 18.7. The number of carbonyl (C=O) groups is 2. The summed E-state index contributed by atoms with van der Waals surface area (Å²) in [6, 6.07) is 11.7. The van der Waals surface area contributed by atoms with E-state index in [2.05, 4.69) is 5.32 Å². The first-order valence-corrected chi connectivity index (χ1v) is 11.7. The van der Waals surface area contributed by atoms with Gasteiger partial charge in [0.05, 0.1) is 5.75 Å². The average molecular weight is 465 g/mol. The molecule has 0 aliphatic carbocycles. The van der Waals surface area contributed by atoms with Gasteiger partial charge in [0.25, 0.3) is 0 Å². The van der Waals surface area contributed by atoms with Crippen LogP contribution >= 0.6 is 23.4 Å². The standard InChI is InChI=1S/C24H30ClFN2O2S/c1-16-8-6-9-18(12-16)13-28(17(2)23(30)27-24(3,4)5)22(29)15-31-14-19-20(25)10-7-11-21(19)26/h6-12,17H,13-15H2,1-5H3,(H,27,30). The number of rotatable bonds is 8. The average Bonchev–Trinajstić information content (AvgIpc) is 2.66. The third-order valence-electron chi connectivity index (χ3n) is 4.63. The van der Waals surface area contributed by atoms with Crippen molar-refractivity contribution in [3.8, 4) is 0 Å². The van der Waals surface area contributed by atoms with Gasteiger partial charge >= 0.3 is 0 Å². The van der Waals surface area contributed by atoms with E-state index < -0.39 is 11.6 Å². The fourth-order valence-corrected chi connectivity index (χ4v) is 4.31. The molecule has 2 rings (SSSR count). The zero-order chi connectivity index (χ0) is 23.2. The monoisotopic (exact) mass is 464 g/mol. The number of carbonyl (C=O) groups excluding carboxylic acids is 2. The summed E-state index contributed by atoms with van der Waals surface area (Å²) in [7, 11) is 0. The molecule has 0 spiro atoms. The largest absolute Gasteiger partial charge is 0.350 e. The Balaban J connectivity index is 2.14. The maximum Gasteiger partial charge on any atom is 0.242 e. The van der Waals surface area contributed by atoms with Crippen molar-refractivity contribution in [3.63, 3.8) is 0 Å². The molecule has 1 unspecified atom stereocenters. The Kier molecular flexibility index (Phi) is 8.95. The highest BCUT2D eigenvalue weighted by molar-refractivity contribution is 7.99. The second-order valence-electron chi connectivity index (χ2n) is 8.62. The lowest BCUT2D eigenvalue weighted by molar-refractivity contribution is -0.139.